The first kappa shape index (κ1) is 18.8. The first-order chi connectivity index (χ1) is 11.5. The molecule has 1 aromatic carbocycles. The van der Waals surface area contributed by atoms with Gasteiger partial charge in [0.1, 0.15) is 12.7 Å². The molecule has 134 valence electrons. The normalized spacial score (nSPS) is 22.8. The summed E-state index contributed by atoms with van der Waals surface area (Å²) in [5.74, 6) is 1.32. The fraction of sp³-hybridized carbons (Fsp3) is 0.579. The molecular formula is C19H29NO4. The number of rotatable bonds is 8. The predicted octanol–water partition coefficient (Wildman–Crippen LogP) is 2.27. The second-order valence-electron chi connectivity index (χ2n) is 6.42. The molecule has 1 fully saturated rings. The molecule has 1 N–H and O–H groups in total. The van der Waals surface area contributed by atoms with Gasteiger partial charge in [0, 0.05) is 19.6 Å². The van der Waals surface area contributed by atoms with Gasteiger partial charge in [0.2, 0.25) is 0 Å². The molecule has 24 heavy (non-hydrogen) atoms. The molecule has 1 aromatic rings. The number of morpholine rings is 1. The number of hydrogen-bond donors (Lipinski definition) is 1. The average Bonchev–Trinajstić information content (AvgIpc) is 2.52. The monoisotopic (exact) mass is 335 g/mol. The van der Waals surface area contributed by atoms with Crippen LogP contribution >= 0.6 is 0 Å². The lowest BCUT2D eigenvalue weighted by atomic mass is 10.1. The Morgan fingerprint density at radius 1 is 1.33 bits per heavy atom. The molecule has 5 nitrogen and oxygen atoms in total. The highest BCUT2D eigenvalue weighted by Crippen LogP contribution is 2.28. The van der Waals surface area contributed by atoms with Crippen molar-refractivity contribution >= 4 is 0 Å². The molecule has 1 saturated heterocycles. The lowest BCUT2D eigenvalue weighted by molar-refractivity contribution is -0.0787. The molecule has 1 aliphatic heterocycles. The maximum absolute atomic E-state index is 10.3. The summed E-state index contributed by atoms with van der Waals surface area (Å²) in [6, 6.07) is 5.80. The number of allylic oxidation sites excluding steroid dienone is 1. The molecule has 0 aliphatic carbocycles. The molecule has 0 aromatic heterocycles. The minimum atomic E-state index is -0.556. The van der Waals surface area contributed by atoms with Crippen molar-refractivity contribution in [1.29, 1.82) is 0 Å². The quantitative estimate of drug-likeness (QED) is 0.739. The number of methoxy groups -OCH3 is 1. The van der Waals surface area contributed by atoms with E-state index in [0.717, 1.165) is 25.1 Å². The van der Waals surface area contributed by atoms with Crippen LogP contribution in [0.25, 0.3) is 0 Å². The SMILES string of the molecule is C=CCc1ccc(OCC(O)CN2CC(C)OC(C)C2)c(OC)c1. The first-order valence-corrected chi connectivity index (χ1v) is 8.48. The van der Waals surface area contributed by atoms with Crippen LogP contribution < -0.4 is 9.47 Å². The van der Waals surface area contributed by atoms with Gasteiger partial charge in [-0.1, -0.05) is 12.1 Å². The van der Waals surface area contributed by atoms with Crippen LogP contribution in [0.2, 0.25) is 0 Å². The predicted molar refractivity (Wildman–Crippen MR) is 94.8 cm³/mol. The third kappa shape index (κ3) is 5.51. The standard InChI is InChI=1S/C19H29NO4/c1-5-6-16-7-8-18(19(9-16)22-4)23-13-17(21)12-20-10-14(2)24-15(3)11-20/h5,7-9,14-15,17,21H,1,6,10-13H2,2-4H3. The third-order valence-electron chi connectivity index (χ3n) is 4.00. The Kier molecular flexibility index (Phi) is 7.09. The Hall–Kier alpha value is -1.56. The Morgan fingerprint density at radius 2 is 2.04 bits per heavy atom. The van der Waals surface area contributed by atoms with Crippen LogP contribution in [0.15, 0.2) is 30.9 Å². The largest absolute Gasteiger partial charge is 0.493 e. The minimum absolute atomic E-state index is 0.194. The third-order valence-corrected chi connectivity index (χ3v) is 4.00. The van der Waals surface area contributed by atoms with Crippen LogP contribution in [0.5, 0.6) is 11.5 Å². The van der Waals surface area contributed by atoms with E-state index < -0.39 is 6.10 Å². The van der Waals surface area contributed by atoms with Gasteiger partial charge in [0.05, 0.1) is 19.3 Å². The van der Waals surface area contributed by atoms with Crippen LogP contribution in [-0.2, 0) is 11.2 Å². The van der Waals surface area contributed by atoms with Crippen molar-refractivity contribution in [3.8, 4) is 11.5 Å². The fourth-order valence-corrected chi connectivity index (χ4v) is 3.10. The number of hydrogen-bond acceptors (Lipinski definition) is 5. The van der Waals surface area contributed by atoms with Crippen LogP contribution in [0, 0.1) is 0 Å². The van der Waals surface area contributed by atoms with E-state index in [1.807, 2.05) is 24.3 Å². The maximum Gasteiger partial charge on any atom is 0.161 e. The van der Waals surface area contributed by atoms with Crippen molar-refractivity contribution in [2.45, 2.75) is 38.6 Å². The second kappa shape index (κ2) is 9.06. The van der Waals surface area contributed by atoms with Gasteiger partial charge in [-0.2, -0.15) is 0 Å². The van der Waals surface area contributed by atoms with E-state index >= 15 is 0 Å². The van der Waals surface area contributed by atoms with Crippen molar-refractivity contribution in [3.63, 3.8) is 0 Å². The van der Waals surface area contributed by atoms with Gasteiger partial charge in [0.25, 0.3) is 0 Å². The summed E-state index contributed by atoms with van der Waals surface area (Å²) in [6.45, 7) is 10.3. The van der Waals surface area contributed by atoms with E-state index in [2.05, 4.69) is 25.3 Å². The lowest BCUT2D eigenvalue weighted by Crippen LogP contribution is -2.48. The molecule has 0 bridgehead atoms. The van der Waals surface area contributed by atoms with Crippen LogP contribution in [0.1, 0.15) is 19.4 Å². The van der Waals surface area contributed by atoms with Gasteiger partial charge in [-0.25, -0.2) is 0 Å². The molecular weight excluding hydrogens is 306 g/mol. The van der Waals surface area contributed by atoms with Crippen molar-refractivity contribution in [1.82, 2.24) is 4.90 Å². The van der Waals surface area contributed by atoms with E-state index in [1.165, 1.54) is 0 Å². The van der Waals surface area contributed by atoms with E-state index in [1.54, 1.807) is 7.11 Å². The van der Waals surface area contributed by atoms with Crippen LogP contribution in [0.4, 0.5) is 0 Å². The lowest BCUT2D eigenvalue weighted by Gasteiger charge is -2.36. The Morgan fingerprint density at radius 3 is 2.67 bits per heavy atom. The van der Waals surface area contributed by atoms with E-state index in [4.69, 9.17) is 14.2 Å². The molecule has 0 spiro atoms. The summed E-state index contributed by atoms with van der Waals surface area (Å²) in [6.07, 6.45) is 2.47. The van der Waals surface area contributed by atoms with Gasteiger partial charge in [-0.05, 0) is 38.0 Å². The highest BCUT2D eigenvalue weighted by molar-refractivity contribution is 5.43. The van der Waals surface area contributed by atoms with Crippen LogP contribution in [0.3, 0.4) is 0 Å². The van der Waals surface area contributed by atoms with Crippen molar-refractivity contribution in [2.75, 3.05) is 33.4 Å². The van der Waals surface area contributed by atoms with Gasteiger partial charge in [-0.3, -0.25) is 4.90 Å². The molecule has 0 amide bonds. The highest BCUT2D eigenvalue weighted by Gasteiger charge is 2.24. The number of aliphatic hydroxyl groups is 1. The summed E-state index contributed by atoms with van der Waals surface area (Å²) in [7, 11) is 1.62. The number of aliphatic hydroxyl groups excluding tert-OH is 1. The topological polar surface area (TPSA) is 51.2 Å². The Balaban J connectivity index is 1.86. The zero-order valence-electron chi connectivity index (χ0n) is 14.9. The number of β-amino-alcohol motifs (C(OH)–C–C–N with tert-alkyl or cyclic N) is 1. The highest BCUT2D eigenvalue weighted by atomic mass is 16.5. The molecule has 0 saturated carbocycles. The summed E-state index contributed by atoms with van der Waals surface area (Å²) in [4.78, 5) is 2.22. The average molecular weight is 335 g/mol. The number of benzene rings is 1. The molecule has 1 heterocycles. The summed E-state index contributed by atoms with van der Waals surface area (Å²) < 4.78 is 16.8. The molecule has 3 unspecified atom stereocenters. The first-order valence-electron chi connectivity index (χ1n) is 8.48. The second-order valence-corrected chi connectivity index (χ2v) is 6.42. The van der Waals surface area contributed by atoms with Gasteiger partial charge < -0.3 is 19.3 Å². The number of nitrogens with zero attached hydrogens (tertiary/aromatic N) is 1. The maximum atomic E-state index is 10.3. The van der Waals surface area contributed by atoms with E-state index in [0.29, 0.717) is 18.0 Å². The van der Waals surface area contributed by atoms with E-state index in [-0.39, 0.29) is 18.8 Å². The molecule has 3 atom stereocenters. The number of ether oxygens (including phenoxy) is 3. The van der Waals surface area contributed by atoms with Crippen molar-refractivity contribution in [2.24, 2.45) is 0 Å². The Labute approximate surface area is 144 Å². The summed E-state index contributed by atoms with van der Waals surface area (Å²) >= 11 is 0. The molecule has 0 radical (unpaired) electrons. The zero-order valence-corrected chi connectivity index (χ0v) is 14.9. The fourth-order valence-electron chi connectivity index (χ4n) is 3.10. The van der Waals surface area contributed by atoms with Gasteiger partial charge in [-0.15, -0.1) is 6.58 Å². The van der Waals surface area contributed by atoms with Crippen molar-refractivity contribution in [3.05, 3.63) is 36.4 Å². The summed E-state index contributed by atoms with van der Waals surface area (Å²) in [5, 5.41) is 10.3. The molecule has 5 heteroatoms. The van der Waals surface area contributed by atoms with Crippen molar-refractivity contribution < 1.29 is 19.3 Å². The molecule has 1 aliphatic rings. The smallest absolute Gasteiger partial charge is 0.161 e. The minimum Gasteiger partial charge on any atom is -0.493 e. The Bertz CT molecular complexity index is 524. The van der Waals surface area contributed by atoms with Gasteiger partial charge >= 0.3 is 0 Å². The summed E-state index contributed by atoms with van der Waals surface area (Å²) in [5.41, 5.74) is 1.12. The molecule has 2 rings (SSSR count). The van der Waals surface area contributed by atoms with Gasteiger partial charge in [0.15, 0.2) is 11.5 Å². The van der Waals surface area contributed by atoms with E-state index in [9.17, 15) is 5.11 Å². The van der Waals surface area contributed by atoms with Crippen LogP contribution in [-0.4, -0.2) is 61.7 Å². The zero-order chi connectivity index (χ0) is 17.5.